The average Bonchev–Trinajstić information content (AvgIpc) is 3.60. The van der Waals surface area contributed by atoms with E-state index in [1.54, 1.807) is 7.11 Å². The van der Waals surface area contributed by atoms with E-state index in [1.165, 1.54) is 19.8 Å². The quantitative estimate of drug-likeness (QED) is 0.555. The van der Waals surface area contributed by atoms with Gasteiger partial charge in [0.05, 0.1) is 12.7 Å². The lowest BCUT2D eigenvalue weighted by Crippen LogP contribution is -2.74. The van der Waals surface area contributed by atoms with Crippen LogP contribution in [0.4, 0.5) is 0 Å². The van der Waals surface area contributed by atoms with Crippen LogP contribution >= 0.6 is 0 Å². The summed E-state index contributed by atoms with van der Waals surface area (Å²) in [7, 11) is 1.62. The van der Waals surface area contributed by atoms with E-state index in [0.717, 1.165) is 24.2 Å². The first-order chi connectivity index (χ1) is 16.2. The molecule has 5 rings (SSSR count). The molecule has 1 aliphatic heterocycles. The zero-order chi connectivity index (χ0) is 24.3. The summed E-state index contributed by atoms with van der Waals surface area (Å²) >= 11 is 0. The molecule has 2 saturated carbocycles. The van der Waals surface area contributed by atoms with Crippen molar-refractivity contribution in [3.05, 3.63) is 29.3 Å². The van der Waals surface area contributed by atoms with Gasteiger partial charge in [-0.2, -0.15) is 0 Å². The standard InChI is InChI=1S/C26H34N2O6/c1-15(24(31)32)27-23(30)10-18-12-26(33)22-9-17-5-6-19(34-2)11-20(17)25(26,13-21(18)29)7-8-28(22)14-16-3-4-16/h5-6,11,15-16,18,22,33H,3-4,7-10,12-14H2,1-2H3,(H,27,30)(H,31,32). The summed E-state index contributed by atoms with van der Waals surface area (Å²) in [6, 6.07) is 4.87. The number of likely N-dealkylation sites (tertiary alicyclic amines) is 1. The van der Waals surface area contributed by atoms with Crippen molar-refractivity contribution in [2.45, 2.75) is 75.0 Å². The second-order valence-corrected chi connectivity index (χ2v) is 10.8. The van der Waals surface area contributed by atoms with E-state index in [0.29, 0.717) is 24.5 Å². The summed E-state index contributed by atoms with van der Waals surface area (Å²) in [4.78, 5) is 39.5. The van der Waals surface area contributed by atoms with Gasteiger partial charge >= 0.3 is 5.97 Å². The number of ether oxygens (including phenoxy) is 1. The van der Waals surface area contributed by atoms with Gasteiger partial charge in [0.2, 0.25) is 5.91 Å². The van der Waals surface area contributed by atoms with Gasteiger partial charge in [-0.3, -0.25) is 19.3 Å². The third-order valence-corrected chi connectivity index (χ3v) is 8.75. The van der Waals surface area contributed by atoms with E-state index in [-0.39, 0.29) is 31.1 Å². The van der Waals surface area contributed by atoms with Crippen LogP contribution in [0.25, 0.3) is 0 Å². The molecule has 0 aromatic heterocycles. The molecule has 0 spiro atoms. The normalized spacial score (nSPS) is 33.4. The number of hydrogen-bond acceptors (Lipinski definition) is 6. The lowest BCUT2D eigenvalue weighted by atomic mass is 9.47. The van der Waals surface area contributed by atoms with Crippen molar-refractivity contribution >= 4 is 17.7 Å². The number of aliphatic carboxylic acids is 1. The largest absolute Gasteiger partial charge is 0.497 e. The second-order valence-electron chi connectivity index (χ2n) is 10.8. The smallest absolute Gasteiger partial charge is 0.325 e. The van der Waals surface area contributed by atoms with Crippen LogP contribution in [-0.2, 0) is 26.2 Å². The van der Waals surface area contributed by atoms with Gasteiger partial charge in [0, 0.05) is 36.8 Å². The van der Waals surface area contributed by atoms with Gasteiger partial charge in [-0.25, -0.2) is 0 Å². The zero-order valence-corrected chi connectivity index (χ0v) is 19.9. The van der Waals surface area contributed by atoms with Gasteiger partial charge in [-0.1, -0.05) is 6.07 Å². The van der Waals surface area contributed by atoms with Gasteiger partial charge in [0.15, 0.2) is 0 Å². The highest BCUT2D eigenvalue weighted by atomic mass is 16.5. The van der Waals surface area contributed by atoms with Gasteiger partial charge in [0.25, 0.3) is 0 Å². The number of carboxylic acid groups (broad SMARTS) is 1. The van der Waals surface area contributed by atoms with Crippen LogP contribution in [0.3, 0.4) is 0 Å². The van der Waals surface area contributed by atoms with E-state index in [2.05, 4.69) is 16.3 Å². The molecule has 1 saturated heterocycles. The minimum atomic E-state index is -1.14. The van der Waals surface area contributed by atoms with Gasteiger partial charge in [-0.05, 0) is 74.8 Å². The lowest BCUT2D eigenvalue weighted by Gasteiger charge is -2.64. The highest BCUT2D eigenvalue weighted by Gasteiger charge is 2.66. The molecule has 8 heteroatoms. The summed E-state index contributed by atoms with van der Waals surface area (Å²) < 4.78 is 5.49. The number of carboxylic acids is 1. The number of aliphatic hydroxyl groups is 1. The van der Waals surface area contributed by atoms with Gasteiger partial charge < -0.3 is 20.3 Å². The lowest BCUT2D eigenvalue weighted by molar-refractivity contribution is -0.182. The Morgan fingerprint density at radius 1 is 1.32 bits per heavy atom. The number of nitrogens with one attached hydrogen (secondary N) is 1. The molecule has 3 fully saturated rings. The highest BCUT2D eigenvalue weighted by molar-refractivity contribution is 5.91. The molecule has 5 atom stereocenters. The molecule has 1 aromatic carbocycles. The fourth-order valence-corrected chi connectivity index (χ4v) is 6.73. The molecule has 3 N–H and O–H groups in total. The number of benzene rings is 1. The Balaban J connectivity index is 1.49. The van der Waals surface area contributed by atoms with E-state index in [1.807, 2.05) is 12.1 Å². The van der Waals surface area contributed by atoms with Crippen molar-refractivity contribution in [3.63, 3.8) is 0 Å². The molecule has 0 radical (unpaired) electrons. The second kappa shape index (κ2) is 8.34. The Bertz CT molecular complexity index is 1020. The molecular weight excluding hydrogens is 436 g/mol. The Labute approximate surface area is 199 Å². The van der Waals surface area contributed by atoms with E-state index in [9.17, 15) is 19.5 Å². The fourth-order valence-electron chi connectivity index (χ4n) is 6.73. The van der Waals surface area contributed by atoms with Crippen LogP contribution in [0.15, 0.2) is 18.2 Å². The number of ketones is 1. The van der Waals surface area contributed by atoms with Crippen LogP contribution < -0.4 is 10.1 Å². The maximum Gasteiger partial charge on any atom is 0.325 e. The number of Topliss-reactive ketones (excluding diaryl/α,β-unsaturated/α-hetero) is 1. The Kier molecular flexibility index (Phi) is 5.72. The highest BCUT2D eigenvalue weighted by Crippen LogP contribution is 2.59. The third kappa shape index (κ3) is 3.71. The Morgan fingerprint density at radius 3 is 2.76 bits per heavy atom. The van der Waals surface area contributed by atoms with Crippen LogP contribution in [-0.4, -0.2) is 70.7 Å². The maximum atomic E-state index is 13.4. The van der Waals surface area contributed by atoms with Crippen LogP contribution in [0.5, 0.6) is 5.75 Å². The Hall–Kier alpha value is -2.45. The molecule has 8 nitrogen and oxygen atoms in total. The van der Waals surface area contributed by atoms with Crippen molar-refractivity contribution in [2.75, 3.05) is 20.2 Å². The molecule has 1 amide bonds. The number of amides is 1. The molecule has 34 heavy (non-hydrogen) atoms. The molecule has 5 unspecified atom stereocenters. The van der Waals surface area contributed by atoms with E-state index in [4.69, 9.17) is 9.84 Å². The van der Waals surface area contributed by atoms with Crippen molar-refractivity contribution in [1.29, 1.82) is 0 Å². The summed E-state index contributed by atoms with van der Waals surface area (Å²) in [6.07, 6.45) is 4.14. The minimum absolute atomic E-state index is 0.0344. The number of carbonyl (C=O) groups excluding carboxylic acids is 2. The first kappa shape index (κ1) is 23.3. The van der Waals surface area contributed by atoms with Crippen LogP contribution in [0.2, 0.25) is 0 Å². The number of methoxy groups -OCH3 is 1. The molecule has 3 aliphatic carbocycles. The summed E-state index contributed by atoms with van der Waals surface area (Å²) in [5, 5.41) is 24.0. The number of fused-ring (bicyclic) bond motifs is 1. The number of piperidine rings is 1. The summed E-state index contributed by atoms with van der Waals surface area (Å²) in [5.41, 5.74) is 0.331. The first-order valence-corrected chi connectivity index (χ1v) is 12.4. The van der Waals surface area contributed by atoms with Crippen molar-refractivity contribution in [3.8, 4) is 5.75 Å². The maximum absolute atomic E-state index is 13.4. The molecule has 1 heterocycles. The predicted octanol–water partition coefficient (Wildman–Crippen LogP) is 1.66. The van der Waals surface area contributed by atoms with Gasteiger partial charge in [-0.15, -0.1) is 0 Å². The zero-order valence-electron chi connectivity index (χ0n) is 19.9. The predicted molar refractivity (Wildman–Crippen MR) is 124 cm³/mol. The van der Waals surface area contributed by atoms with Crippen molar-refractivity contribution < 1.29 is 29.3 Å². The molecule has 1 aromatic rings. The van der Waals surface area contributed by atoms with Crippen molar-refractivity contribution in [1.82, 2.24) is 10.2 Å². The van der Waals surface area contributed by atoms with Crippen LogP contribution in [0, 0.1) is 11.8 Å². The molecular formula is C26H34N2O6. The number of nitrogens with zero attached hydrogens (tertiary/aromatic N) is 1. The van der Waals surface area contributed by atoms with Crippen LogP contribution in [0.1, 0.15) is 56.6 Å². The SMILES string of the molecule is COc1ccc2c(c1)C13CCN(CC4CC4)C(C2)C1(O)CC(CC(=O)NC(C)C(=O)O)C(=O)C3. The third-order valence-electron chi connectivity index (χ3n) is 8.75. The molecule has 4 aliphatic rings. The number of carbonyl (C=O) groups is 3. The minimum Gasteiger partial charge on any atom is -0.497 e. The first-order valence-electron chi connectivity index (χ1n) is 12.4. The van der Waals surface area contributed by atoms with Gasteiger partial charge in [0.1, 0.15) is 17.6 Å². The average molecular weight is 471 g/mol. The van der Waals surface area contributed by atoms with Crippen molar-refractivity contribution in [2.24, 2.45) is 11.8 Å². The number of hydrogen-bond donors (Lipinski definition) is 3. The summed E-state index contributed by atoms with van der Waals surface area (Å²) in [5.74, 6) is -0.860. The van der Waals surface area contributed by atoms with E-state index >= 15 is 0 Å². The Morgan fingerprint density at radius 2 is 2.09 bits per heavy atom. The monoisotopic (exact) mass is 470 g/mol. The molecule has 184 valence electrons. The van der Waals surface area contributed by atoms with E-state index < -0.39 is 34.9 Å². The molecule has 2 bridgehead atoms. The number of rotatable bonds is 7. The summed E-state index contributed by atoms with van der Waals surface area (Å²) in [6.45, 7) is 3.20. The fraction of sp³-hybridized carbons (Fsp3) is 0.654. The topological polar surface area (TPSA) is 116 Å².